The summed E-state index contributed by atoms with van der Waals surface area (Å²) < 4.78 is 2.05. The third-order valence-corrected chi connectivity index (χ3v) is 5.23. The van der Waals surface area contributed by atoms with Crippen LogP contribution in [0, 0.1) is 22.2 Å². The van der Waals surface area contributed by atoms with Crippen molar-refractivity contribution < 1.29 is 0 Å². The first-order chi connectivity index (χ1) is 9.02. The van der Waals surface area contributed by atoms with Crippen molar-refractivity contribution >= 4 is 16.3 Å². The molecule has 1 fully saturated rings. The molecule has 0 saturated heterocycles. The highest BCUT2D eigenvalue weighted by Gasteiger charge is 2.39. The van der Waals surface area contributed by atoms with Gasteiger partial charge in [0.1, 0.15) is 0 Å². The maximum absolute atomic E-state index is 9.62. The van der Waals surface area contributed by atoms with Gasteiger partial charge in [0, 0.05) is 24.2 Å². The highest BCUT2D eigenvalue weighted by molar-refractivity contribution is 7.15. The standard InChI is InChI=1S/C15H19N3S/c1-14(2)3-5-15(11-16,6-4-14)9-12-10-18-7-8-19-13(18)17-12/h7-8,10H,3-6,9H2,1-2H3. The Morgan fingerprint density at radius 2 is 2.11 bits per heavy atom. The molecule has 3 nitrogen and oxygen atoms in total. The van der Waals surface area contributed by atoms with E-state index >= 15 is 0 Å². The van der Waals surface area contributed by atoms with Crippen molar-refractivity contribution in [2.75, 3.05) is 0 Å². The Morgan fingerprint density at radius 3 is 2.74 bits per heavy atom. The summed E-state index contributed by atoms with van der Waals surface area (Å²) >= 11 is 1.65. The van der Waals surface area contributed by atoms with Crippen LogP contribution in [0.4, 0.5) is 0 Å². The van der Waals surface area contributed by atoms with Crippen molar-refractivity contribution in [3.63, 3.8) is 0 Å². The molecule has 0 bridgehead atoms. The van der Waals surface area contributed by atoms with Crippen molar-refractivity contribution in [2.24, 2.45) is 10.8 Å². The number of hydrogen-bond donors (Lipinski definition) is 0. The predicted molar refractivity (Wildman–Crippen MR) is 77.1 cm³/mol. The largest absolute Gasteiger partial charge is 0.297 e. The van der Waals surface area contributed by atoms with E-state index in [2.05, 4.69) is 35.5 Å². The number of fused-ring (bicyclic) bond motifs is 1. The molecule has 0 atom stereocenters. The van der Waals surface area contributed by atoms with Crippen LogP contribution in [-0.2, 0) is 6.42 Å². The molecule has 0 radical (unpaired) electrons. The van der Waals surface area contributed by atoms with Gasteiger partial charge in [-0.25, -0.2) is 4.98 Å². The molecule has 2 aromatic heterocycles. The number of thiazole rings is 1. The number of aromatic nitrogens is 2. The van der Waals surface area contributed by atoms with Crippen LogP contribution in [0.3, 0.4) is 0 Å². The molecule has 100 valence electrons. The molecule has 0 N–H and O–H groups in total. The quantitative estimate of drug-likeness (QED) is 0.828. The molecule has 1 aliphatic rings. The number of hydrogen-bond acceptors (Lipinski definition) is 3. The summed E-state index contributed by atoms with van der Waals surface area (Å²) in [5.41, 5.74) is 1.27. The summed E-state index contributed by atoms with van der Waals surface area (Å²) in [5.74, 6) is 0. The normalized spacial score (nSPS) is 21.3. The topological polar surface area (TPSA) is 41.1 Å². The highest BCUT2D eigenvalue weighted by Crippen LogP contribution is 2.46. The molecular weight excluding hydrogens is 254 g/mol. The van der Waals surface area contributed by atoms with Gasteiger partial charge in [0.25, 0.3) is 0 Å². The molecule has 1 aliphatic carbocycles. The van der Waals surface area contributed by atoms with Crippen molar-refractivity contribution in [3.05, 3.63) is 23.5 Å². The van der Waals surface area contributed by atoms with E-state index in [1.165, 1.54) is 0 Å². The summed E-state index contributed by atoms with van der Waals surface area (Å²) in [5, 5.41) is 11.7. The number of imidazole rings is 1. The molecule has 2 aromatic rings. The molecule has 0 amide bonds. The first-order valence-corrected chi connectivity index (χ1v) is 7.72. The van der Waals surface area contributed by atoms with Crippen molar-refractivity contribution in [1.82, 2.24) is 9.38 Å². The van der Waals surface area contributed by atoms with Crippen LogP contribution in [0.15, 0.2) is 17.8 Å². The van der Waals surface area contributed by atoms with Crippen LogP contribution in [0.1, 0.15) is 45.2 Å². The molecule has 4 heteroatoms. The van der Waals surface area contributed by atoms with Crippen LogP contribution in [-0.4, -0.2) is 9.38 Å². The van der Waals surface area contributed by atoms with Gasteiger partial charge >= 0.3 is 0 Å². The molecule has 0 spiro atoms. The number of rotatable bonds is 2. The Kier molecular flexibility index (Phi) is 2.90. The van der Waals surface area contributed by atoms with E-state index in [-0.39, 0.29) is 5.41 Å². The first-order valence-electron chi connectivity index (χ1n) is 6.84. The lowest BCUT2D eigenvalue weighted by Gasteiger charge is -2.39. The third kappa shape index (κ3) is 2.40. The zero-order valence-corrected chi connectivity index (χ0v) is 12.3. The molecule has 0 unspecified atom stereocenters. The van der Waals surface area contributed by atoms with E-state index in [1.54, 1.807) is 11.3 Å². The summed E-state index contributed by atoms with van der Waals surface area (Å²) in [6.45, 7) is 4.61. The molecule has 2 heterocycles. The maximum atomic E-state index is 9.62. The predicted octanol–water partition coefficient (Wildman–Crippen LogP) is 4.05. The van der Waals surface area contributed by atoms with Crippen molar-refractivity contribution in [1.29, 1.82) is 5.26 Å². The maximum Gasteiger partial charge on any atom is 0.193 e. The van der Waals surface area contributed by atoms with Crippen molar-refractivity contribution in [3.8, 4) is 6.07 Å². The smallest absolute Gasteiger partial charge is 0.193 e. The van der Waals surface area contributed by atoms with Gasteiger partial charge in [-0.05, 0) is 31.1 Å². The lowest BCUT2D eigenvalue weighted by molar-refractivity contribution is 0.145. The number of nitriles is 1. The molecule has 3 rings (SSSR count). The zero-order chi connectivity index (χ0) is 13.5. The summed E-state index contributed by atoms with van der Waals surface area (Å²) in [4.78, 5) is 5.65. The Morgan fingerprint density at radius 1 is 1.37 bits per heavy atom. The second kappa shape index (κ2) is 4.35. The van der Waals surface area contributed by atoms with E-state index in [4.69, 9.17) is 0 Å². The van der Waals surface area contributed by atoms with E-state index in [0.717, 1.165) is 42.8 Å². The average Bonchev–Trinajstić information content (AvgIpc) is 2.93. The van der Waals surface area contributed by atoms with Gasteiger partial charge in [-0.3, -0.25) is 4.40 Å². The highest BCUT2D eigenvalue weighted by atomic mass is 32.1. The Labute approximate surface area is 117 Å². The van der Waals surface area contributed by atoms with Crippen LogP contribution in [0.5, 0.6) is 0 Å². The SMILES string of the molecule is CC1(C)CCC(C#N)(Cc2cn3ccsc3n2)CC1. The summed E-state index contributed by atoms with van der Waals surface area (Å²) in [6, 6.07) is 2.59. The van der Waals surface area contributed by atoms with Gasteiger partial charge in [0.05, 0.1) is 17.2 Å². The summed E-state index contributed by atoms with van der Waals surface area (Å²) in [7, 11) is 0. The molecular formula is C15H19N3S. The van der Waals surface area contributed by atoms with Crippen LogP contribution in [0.25, 0.3) is 4.96 Å². The van der Waals surface area contributed by atoms with Crippen LogP contribution in [0.2, 0.25) is 0 Å². The minimum atomic E-state index is -0.195. The molecule has 0 aromatic carbocycles. The monoisotopic (exact) mass is 273 g/mol. The van der Waals surface area contributed by atoms with Crippen LogP contribution < -0.4 is 0 Å². The molecule has 0 aliphatic heterocycles. The third-order valence-electron chi connectivity index (χ3n) is 4.46. The van der Waals surface area contributed by atoms with E-state index in [9.17, 15) is 5.26 Å². The fraction of sp³-hybridized carbons (Fsp3) is 0.600. The fourth-order valence-corrected chi connectivity index (χ4v) is 3.66. The van der Waals surface area contributed by atoms with E-state index in [0.29, 0.717) is 5.41 Å². The van der Waals surface area contributed by atoms with Gasteiger partial charge in [-0.1, -0.05) is 13.8 Å². The van der Waals surface area contributed by atoms with Gasteiger partial charge in [-0.15, -0.1) is 11.3 Å². The fourth-order valence-electron chi connectivity index (χ4n) is 2.94. The zero-order valence-electron chi connectivity index (χ0n) is 11.5. The number of nitrogens with zero attached hydrogens (tertiary/aromatic N) is 3. The van der Waals surface area contributed by atoms with E-state index in [1.807, 2.05) is 11.6 Å². The van der Waals surface area contributed by atoms with Gasteiger partial charge < -0.3 is 0 Å². The van der Waals surface area contributed by atoms with Gasteiger partial charge in [0.2, 0.25) is 0 Å². The molecule has 1 saturated carbocycles. The lowest BCUT2D eigenvalue weighted by Crippen LogP contribution is -2.32. The first kappa shape index (κ1) is 12.7. The Bertz CT molecular complexity index is 591. The van der Waals surface area contributed by atoms with Crippen molar-refractivity contribution in [2.45, 2.75) is 46.0 Å². The second-order valence-corrected chi connectivity index (χ2v) is 7.43. The minimum absolute atomic E-state index is 0.195. The Hall–Kier alpha value is -1.34. The minimum Gasteiger partial charge on any atom is -0.297 e. The summed E-state index contributed by atoms with van der Waals surface area (Å²) in [6.07, 6.45) is 9.19. The second-order valence-electron chi connectivity index (χ2n) is 6.56. The Balaban J connectivity index is 1.80. The lowest BCUT2D eigenvalue weighted by atomic mass is 9.64. The molecule has 19 heavy (non-hydrogen) atoms. The van der Waals surface area contributed by atoms with E-state index < -0.39 is 0 Å². The van der Waals surface area contributed by atoms with Gasteiger partial charge in [0.15, 0.2) is 4.96 Å². The van der Waals surface area contributed by atoms with Crippen LogP contribution >= 0.6 is 11.3 Å². The average molecular weight is 273 g/mol. The van der Waals surface area contributed by atoms with Gasteiger partial charge in [-0.2, -0.15) is 5.26 Å².